The maximum absolute atomic E-state index is 4.35. The van der Waals surface area contributed by atoms with Crippen LogP contribution >= 0.6 is 0 Å². The Morgan fingerprint density at radius 2 is 2.28 bits per heavy atom. The van der Waals surface area contributed by atoms with E-state index in [-0.39, 0.29) is 5.54 Å². The third-order valence-corrected chi connectivity index (χ3v) is 4.37. The minimum atomic E-state index is 0.220. The molecule has 2 rings (SSSR count). The van der Waals surface area contributed by atoms with Crippen molar-refractivity contribution in [2.75, 3.05) is 13.1 Å². The van der Waals surface area contributed by atoms with Gasteiger partial charge in [0.15, 0.2) is 0 Å². The first-order chi connectivity index (χ1) is 8.59. The smallest absolute Gasteiger partial charge is 0.140 e. The van der Waals surface area contributed by atoms with Gasteiger partial charge in [0.1, 0.15) is 12.2 Å². The maximum atomic E-state index is 4.35. The van der Waals surface area contributed by atoms with Crippen molar-refractivity contribution in [1.29, 1.82) is 0 Å². The molecule has 1 aromatic heterocycles. The molecule has 0 aliphatic carbocycles. The second kappa shape index (κ2) is 5.36. The highest BCUT2D eigenvalue weighted by atomic mass is 15.4. The zero-order valence-electron chi connectivity index (χ0n) is 12.0. The molecule has 2 heterocycles. The molecule has 1 aliphatic rings. The molecule has 5 nitrogen and oxygen atoms in total. The van der Waals surface area contributed by atoms with E-state index in [1.807, 2.05) is 11.7 Å². The van der Waals surface area contributed by atoms with E-state index >= 15 is 0 Å². The normalized spacial score (nSPS) is 29.7. The predicted octanol–water partition coefficient (Wildman–Crippen LogP) is 1.17. The monoisotopic (exact) mass is 251 g/mol. The summed E-state index contributed by atoms with van der Waals surface area (Å²) in [5, 5.41) is 7.81. The fraction of sp³-hybridized carbons (Fsp3) is 0.846. The van der Waals surface area contributed by atoms with Crippen molar-refractivity contribution in [3.63, 3.8) is 0 Å². The molecule has 102 valence electrons. The van der Waals surface area contributed by atoms with Gasteiger partial charge in [-0.05, 0) is 19.8 Å². The first-order valence-electron chi connectivity index (χ1n) is 6.90. The predicted molar refractivity (Wildman–Crippen MR) is 72.2 cm³/mol. The molecule has 1 aliphatic heterocycles. The molecule has 0 radical (unpaired) electrons. The molecule has 1 N–H and O–H groups in total. The Hall–Kier alpha value is -0.940. The Labute approximate surface area is 110 Å². The minimum Gasteiger partial charge on any atom is -0.311 e. The Kier molecular flexibility index (Phi) is 4.02. The van der Waals surface area contributed by atoms with Crippen LogP contribution in [-0.2, 0) is 13.6 Å². The summed E-state index contributed by atoms with van der Waals surface area (Å²) in [6.45, 7) is 9.87. The van der Waals surface area contributed by atoms with E-state index in [4.69, 9.17) is 0 Å². The summed E-state index contributed by atoms with van der Waals surface area (Å²) in [5.41, 5.74) is 0.220. The lowest BCUT2D eigenvalue weighted by Crippen LogP contribution is -2.62. The maximum Gasteiger partial charge on any atom is 0.140 e. The van der Waals surface area contributed by atoms with Crippen LogP contribution in [0.1, 0.15) is 39.4 Å². The van der Waals surface area contributed by atoms with Gasteiger partial charge in [0.05, 0.1) is 6.54 Å². The number of aryl methyl sites for hydroxylation is 1. The first-order valence-corrected chi connectivity index (χ1v) is 6.90. The summed E-state index contributed by atoms with van der Waals surface area (Å²) in [6.07, 6.45) is 3.96. The van der Waals surface area contributed by atoms with E-state index in [1.54, 1.807) is 6.33 Å². The van der Waals surface area contributed by atoms with E-state index in [1.165, 1.54) is 6.42 Å². The summed E-state index contributed by atoms with van der Waals surface area (Å²) in [4.78, 5) is 6.91. The van der Waals surface area contributed by atoms with E-state index in [0.29, 0.717) is 6.04 Å². The van der Waals surface area contributed by atoms with Crippen molar-refractivity contribution >= 4 is 0 Å². The number of nitrogens with zero attached hydrogens (tertiary/aromatic N) is 4. The fourth-order valence-electron chi connectivity index (χ4n) is 2.54. The van der Waals surface area contributed by atoms with Gasteiger partial charge in [-0.25, -0.2) is 4.98 Å². The summed E-state index contributed by atoms with van der Waals surface area (Å²) in [6, 6.07) is 0.595. The largest absolute Gasteiger partial charge is 0.311 e. The number of aromatic nitrogens is 3. The lowest BCUT2D eigenvalue weighted by Gasteiger charge is -2.47. The lowest BCUT2D eigenvalue weighted by molar-refractivity contribution is 0.0377. The number of rotatable bonds is 4. The standard InChI is InChI=1S/C13H25N5/c1-5-11-7-18(13(3,6-2)9-14-11)8-12-15-10-16-17(12)4/h10-11,14H,5-9H2,1-4H3. The molecule has 0 aromatic carbocycles. The molecule has 1 aromatic rings. The highest BCUT2D eigenvalue weighted by Crippen LogP contribution is 2.25. The average Bonchev–Trinajstić information content (AvgIpc) is 2.78. The average molecular weight is 251 g/mol. The number of hydrogen-bond acceptors (Lipinski definition) is 4. The van der Waals surface area contributed by atoms with E-state index < -0.39 is 0 Å². The van der Waals surface area contributed by atoms with Crippen molar-refractivity contribution in [2.45, 2.75) is 51.7 Å². The summed E-state index contributed by atoms with van der Waals surface area (Å²) < 4.78 is 1.87. The van der Waals surface area contributed by atoms with Gasteiger partial charge < -0.3 is 5.32 Å². The van der Waals surface area contributed by atoms with Gasteiger partial charge in [0, 0.05) is 31.7 Å². The summed E-state index contributed by atoms with van der Waals surface area (Å²) in [5.74, 6) is 1.05. The SMILES string of the molecule is CCC1CN(Cc2ncnn2C)C(C)(CC)CN1. The number of piperazine rings is 1. The van der Waals surface area contributed by atoms with Crippen LogP contribution in [0.3, 0.4) is 0 Å². The van der Waals surface area contributed by atoms with Crippen LogP contribution in [0.15, 0.2) is 6.33 Å². The molecule has 18 heavy (non-hydrogen) atoms. The molecule has 1 fully saturated rings. The second-order valence-corrected chi connectivity index (χ2v) is 5.52. The fourth-order valence-corrected chi connectivity index (χ4v) is 2.54. The number of nitrogens with one attached hydrogen (secondary N) is 1. The summed E-state index contributed by atoms with van der Waals surface area (Å²) in [7, 11) is 1.96. The highest BCUT2D eigenvalue weighted by molar-refractivity contribution is 4.97. The molecule has 0 amide bonds. The van der Waals surface area contributed by atoms with Crippen LogP contribution < -0.4 is 5.32 Å². The van der Waals surface area contributed by atoms with Gasteiger partial charge in [0.25, 0.3) is 0 Å². The van der Waals surface area contributed by atoms with E-state index in [2.05, 4.69) is 41.1 Å². The van der Waals surface area contributed by atoms with Crippen LogP contribution in [0.2, 0.25) is 0 Å². The zero-order valence-corrected chi connectivity index (χ0v) is 12.0. The molecular weight excluding hydrogens is 226 g/mol. The van der Waals surface area contributed by atoms with Crippen molar-refractivity contribution in [3.8, 4) is 0 Å². The Balaban J connectivity index is 2.13. The lowest BCUT2D eigenvalue weighted by atomic mass is 9.91. The van der Waals surface area contributed by atoms with Crippen molar-refractivity contribution in [1.82, 2.24) is 25.0 Å². The zero-order chi connectivity index (χ0) is 13.2. The quantitative estimate of drug-likeness (QED) is 0.872. The van der Waals surface area contributed by atoms with Gasteiger partial charge in [0.2, 0.25) is 0 Å². The van der Waals surface area contributed by atoms with Crippen LogP contribution in [0.4, 0.5) is 0 Å². The van der Waals surface area contributed by atoms with Crippen LogP contribution in [0.25, 0.3) is 0 Å². The Morgan fingerprint density at radius 1 is 1.50 bits per heavy atom. The van der Waals surface area contributed by atoms with Crippen molar-refractivity contribution < 1.29 is 0 Å². The molecule has 5 heteroatoms. The van der Waals surface area contributed by atoms with Crippen LogP contribution in [0.5, 0.6) is 0 Å². The minimum absolute atomic E-state index is 0.220. The number of hydrogen-bond donors (Lipinski definition) is 1. The summed E-state index contributed by atoms with van der Waals surface area (Å²) >= 11 is 0. The molecular formula is C13H25N5. The third kappa shape index (κ3) is 2.57. The van der Waals surface area contributed by atoms with Crippen molar-refractivity contribution in [2.24, 2.45) is 7.05 Å². The van der Waals surface area contributed by atoms with Gasteiger partial charge in [-0.2, -0.15) is 5.10 Å². The van der Waals surface area contributed by atoms with Gasteiger partial charge >= 0.3 is 0 Å². The molecule has 2 atom stereocenters. The Morgan fingerprint density at radius 3 is 2.83 bits per heavy atom. The molecule has 0 spiro atoms. The first kappa shape index (κ1) is 13.5. The highest BCUT2D eigenvalue weighted by Gasteiger charge is 2.36. The van der Waals surface area contributed by atoms with Gasteiger partial charge in [-0.3, -0.25) is 9.58 Å². The van der Waals surface area contributed by atoms with E-state index in [0.717, 1.165) is 31.9 Å². The van der Waals surface area contributed by atoms with E-state index in [9.17, 15) is 0 Å². The van der Waals surface area contributed by atoms with Crippen molar-refractivity contribution in [3.05, 3.63) is 12.2 Å². The molecule has 0 bridgehead atoms. The molecule has 0 saturated carbocycles. The second-order valence-electron chi connectivity index (χ2n) is 5.52. The van der Waals surface area contributed by atoms with Gasteiger partial charge in [-0.15, -0.1) is 0 Å². The Bertz CT molecular complexity index is 388. The van der Waals surface area contributed by atoms with Crippen LogP contribution in [-0.4, -0.2) is 44.3 Å². The topological polar surface area (TPSA) is 46.0 Å². The molecule has 1 saturated heterocycles. The molecule has 2 unspecified atom stereocenters. The van der Waals surface area contributed by atoms with Crippen LogP contribution in [0, 0.1) is 0 Å². The van der Waals surface area contributed by atoms with Gasteiger partial charge in [-0.1, -0.05) is 13.8 Å². The third-order valence-electron chi connectivity index (χ3n) is 4.37.